The summed E-state index contributed by atoms with van der Waals surface area (Å²) in [6.07, 6.45) is 12.0. The van der Waals surface area contributed by atoms with Crippen molar-refractivity contribution in [2.75, 3.05) is 57.4 Å². The Morgan fingerprint density at radius 3 is 2.46 bits per heavy atom. The highest BCUT2D eigenvalue weighted by atomic mass is 19.1. The number of carbonyl (C=O) groups excluding carboxylic acids is 2. The van der Waals surface area contributed by atoms with Crippen LogP contribution in [0.2, 0.25) is 0 Å². The van der Waals surface area contributed by atoms with E-state index in [0.29, 0.717) is 48.6 Å². The number of hydrogen-bond donors (Lipinski definition) is 4. The van der Waals surface area contributed by atoms with Crippen LogP contribution >= 0.6 is 0 Å². The third-order valence-corrected chi connectivity index (χ3v) is 15.9. The molecule has 4 saturated heterocycles. The van der Waals surface area contributed by atoms with Gasteiger partial charge in [0.25, 0.3) is 5.88 Å². The molecule has 20 heteroatoms. The number of ether oxygens (including phenoxy) is 2. The van der Waals surface area contributed by atoms with Crippen LogP contribution in [-0.2, 0) is 16.6 Å². The van der Waals surface area contributed by atoms with Gasteiger partial charge in [-0.1, -0.05) is 50.1 Å². The average molecular weight is 1060 g/mol. The number of pyridine rings is 1. The standard InChI is InChI=1S/C58H63F2N11O7/c1-6-42-45(59)14-11-37-23-40(72)24-43(51(37)42)53-52(60)54-44(27-61-53)55(70-28-38-12-13-39(29-70)64-38)66-58(65-54)76-22-21-69-19-16-34(17-20-69)31-77-49-26-48(78-67-49)50(32(2)3)57(75)71-30-41(73)25-47(71)56(74)63-33(4)35-7-9-36(10-8-35)46-15-18-62-68(46)5/h1,7-11,14-15,18,23-24,26-27,32-34,38-39,41,47,50,64,72-73H,12-13,16-17,19-22,25,28-31H2,2-5H3,(H,63,74)/t33?,38?,39?,41-,47+,50?/m1/s1. The van der Waals surface area contributed by atoms with Gasteiger partial charge in [-0.15, -0.1) is 6.42 Å². The molecule has 4 aliphatic rings. The van der Waals surface area contributed by atoms with Crippen LogP contribution in [0.25, 0.3) is 44.2 Å². The summed E-state index contributed by atoms with van der Waals surface area (Å²) < 4.78 is 52.0. The van der Waals surface area contributed by atoms with E-state index in [-0.39, 0.29) is 107 Å². The highest BCUT2D eigenvalue weighted by molar-refractivity contribution is 6.03. The van der Waals surface area contributed by atoms with Gasteiger partial charge in [0.05, 0.1) is 35.4 Å². The number of hydrogen-bond acceptors (Lipinski definition) is 15. The summed E-state index contributed by atoms with van der Waals surface area (Å²) in [7, 11) is 1.88. The molecule has 0 radical (unpaired) electrons. The van der Waals surface area contributed by atoms with Gasteiger partial charge >= 0.3 is 6.01 Å². The third kappa shape index (κ3) is 10.5. The molecule has 4 aromatic heterocycles. The molecule has 2 amide bonds. The van der Waals surface area contributed by atoms with E-state index < -0.39 is 29.7 Å². The van der Waals surface area contributed by atoms with Gasteiger partial charge in [-0.05, 0) is 103 Å². The molecular weight excluding hydrogens is 1000 g/mol. The van der Waals surface area contributed by atoms with Gasteiger partial charge in [0.15, 0.2) is 11.6 Å². The van der Waals surface area contributed by atoms with E-state index >= 15 is 8.78 Å². The second-order valence-electron chi connectivity index (χ2n) is 21.5. The quantitative estimate of drug-likeness (QED) is 0.0727. The van der Waals surface area contributed by atoms with Crippen molar-refractivity contribution in [2.45, 2.75) is 89.1 Å². The number of rotatable bonds is 16. The van der Waals surface area contributed by atoms with Gasteiger partial charge in [-0.3, -0.25) is 24.2 Å². The minimum atomic E-state index is -0.868. The number of amides is 2. The van der Waals surface area contributed by atoms with E-state index in [9.17, 15) is 19.8 Å². The van der Waals surface area contributed by atoms with Gasteiger partial charge in [-0.2, -0.15) is 15.1 Å². The first-order chi connectivity index (χ1) is 37.7. The number of anilines is 1. The lowest BCUT2D eigenvalue weighted by Crippen LogP contribution is -2.51. The van der Waals surface area contributed by atoms with Crippen LogP contribution in [0.3, 0.4) is 0 Å². The maximum absolute atomic E-state index is 17.1. The van der Waals surface area contributed by atoms with E-state index in [0.717, 1.165) is 55.6 Å². The fraction of sp³-hybridized carbons (Fsp3) is 0.431. The van der Waals surface area contributed by atoms with Crippen molar-refractivity contribution in [3.05, 3.63) is 102 Å². The van der Waals surface area contributed by atoms with Crippen LogP contribution in [0.5, 0.6) is 17.6 Å². The Morgan fingerprint density at radius 1 is 0.974 bits per heavy atom. The Hall–Kier alpha value is -7.73. The third-order valence-electron chi connectivity index (χ3n) is 15.9. The summed E-state index contributed by atoms with van der Waals surface area (Å²) in [4.78, 5) is 48.0. The first-order valence-corrected chi connectivity index (χ1v) is 26.8. The number of fused-ring (bicyclic) bond motifs is 4. The van der Waals surface area contributed by atoms with Crippen LogP contribution in [0.1, 0.15) is 81.7 Å². The molecule has 0 aliphatic carbocycles. The molecule has 4 aliphatic heterocycles. The summed E-state index contributed by atoms with van der Waals surface area (Å²) in [5, 5.41) is 37.6. The van der Waals surface area contributed by atoms with Crippen LogP contribution < -0.4 is 25.0 Å². The fourth-order valence-corrected chi connectivity index (χ4v) is 11.8. The molecule has 406 valence electrons. The number of aromatic nitrogens is 6. The summed E-state index contributed by atoms with van der Waals surface area (Å²) in [5.74, 6) is 0.469. The zero-order chi connectivity index (χ0) is 54.4. The van der Waals surface area contributed by atoms with Crippen molar-refractivity contribution in [1.82, 2.24) is 50.3 Å². The molecule has 78 heavy (non-hydrogen) atoms. The van der Waals surface area contributed by atoms with Gasteiger partial charge in [0.1, 0.15) is 47.2 Å². The number of β-amino-alcohol motifs (C(OH)–C–C–N with tert-alkyl or cyclic N) is 1. The summed E-state index contributed by atoms with van der Waals surface area (Å²) in [6, 6.07) is 16.3. The smallest absolute Gasteiger partial charge is 0.319 e. The van der Waals surface area contributed by atoms with Crippen molar-refractivity contribution in [2.24, 2.45) is 18.9 Å². The summed E-state index contributed by atoms with van der Waals surface area (Å²) >= 11 is 0. The number of likely N-dealkylation sites (tertiary alicyclic amines) is 2. The lowest BCUT2D eigenvalue weighted by atomic mass is 9.91. The molecule has 0 spiro atoms. The zero-order valence-corrected chi connectivity index (χ0v) is 44.0. The molecule has 8 heterocycles. The largest absolute Gasteiger partial charge is 0.508 e. The van der Waals surface area contributed by atoms with E-state index in [1.807, 2.05) is 58.2 Å². The number of piperidine rings is 1. The molecule has 4 unspecified atom stereocenters. The maximum Gasteiger partial charge on any atom is 0.319 e. The number of aromatic hydroxyl groups is 1. The molecule has 11 rings (SSSR count). The van der Waals surface area contributed by atoms with E-state index in [4.69, 9.17) is 25.4 Å². The zero-order valence-electron chi connectivity index (χ0n) is 44.0. The van der Waals surface area contributed by atoms with Crippen LogP contribution in [0.15, 0.2) is 77.6 Å². The number of nitrogens with one attached hydrogen (secondary N) is 2. The predicted molar refractivity (Wildman–Crippen MR) is 288 cm³/mol. The minimum absolute atomic E-state index is 0.0145. The number of benzene rings is 3. The Balaban J connectivity index is 0.705. The first kappa shape index (κ1) is 52.3. The van der Waals surface area contributed by atoms with Crippen molar-refractivity contribution >= 4 is 39.3 Å². The number of phenols is 1. The number of aryl methyl sites for hydroxylation is 1. The number of piperazine rings is 1. The van der Waals surface area contributed by atoms with E-state index in [1.54, 1.807) is 16.9 Å². The van der Waals surface area contributed by atoms with Gasteiger partial charge in [0.2, 0.25) is 11.8 Å². The molecule has 2 bridgehead atoms. The van der Waals surface area contributed by atoms with Crippen LogP contribution in [-0.4, -0.2) is 138 Å². The molecule has 4 fully saturated rings. The summed E-state index contributed by atoms with van der Waals surface area (Å²) in [6.45, 7) is 9.79. The second-order valence-corrected chi connectivity index (χ2v) is 21.5. The SMILES string of the molecule is C#Cc1c(F)ccc2cc(O)cc(-c3ncc4c(N5CC6CCC(C5)N6)nc(OCCN5CCC(COc6cc(C(C(=O)N7C[C@H](O)C[C@H]7C(=O)NC(C)c7ccc(-c8ccnn8C)cc7)C(C)C)on6)CC5)nc4c3F)c12. The molecule has 0 saturated carbocycles. The van der Waals surface area contributed by atoms with Gasteiger partial charge in [-0.25, -0.2) is 8.78 Å². The molecule has 18 nitrogen and oxygen atoms in total. The summed E-state index contributed by atoms with van der Waals surface area (Å²) in [5.41, 5.74) is 2.78. The van der Waals surface area contributed by atoms with Crippen LogP contribution in [0.4, 0.5) is 14.6 Å². The second kappa shape index (κ2) is 22.0. The van der Waals surface area contributed by atoms with Crippen molar-refractivity contribution in [1.29, 1.82) is 0 Å². The predicted octanol–water partition coefficient (Wildman–Crippen LogP) is 6.89. The van der Waals surface area contributed by atoms with E-state index in [2.05, 4.69) is 46.6 Å². The van der Waals surface area contributed by atoms with Crippen LogP contribution in [0, 0.1) is 35.8 Å². The average Bonchev–Trinajstić information content (AvgIpc) is 4.37. The van der Waals surface area contributed by atoms with Gasteiger partial charge in [0, 0.05) is 81.1 Å². The lowest BCUT2D eigenvalue weighted by Gasteiger charge is -2.34. The Morgan fingerprint density at radius 2 is 1.74 bits per heavy atom. The molecule has 4 N–H and O–H groups in total. The number of aliphatic hydroxyl groups is 1. The Bertz CT molecular complexity index is 3400. The highest BCUT2D eigenvalue weighted by Crippen LogP contribution is 2.40. The normalized spacial score (nSPS) is 20.6. The number of terminal acetylenes is 1. The van der Waals surface area contributed by atoms with Crippen molar-refractivity contribution in [3.8, 4) is 52.5 Å². The van der Waals surface area contributed by atoms with E-state index in [1.165, 1.54) is 35.4 Å². The fourth-order valence-electron chi connectivity index (χ4n) is 11.8. The number of aliphatic hydroxyl groups excluding tert-OH is 1. The Labute approximate surface area is 450 Å². The molecule has 6 atom stereocenters. The minimum Gasteiger partial charge on any atom is -0.508 e. The maximum atomic E-state index is 17.1. The first-order valence-electron chi connectivity index (χ1n) is 26.8. The number of carbonyl (C=O) groups is 2. The number of halogens is 2. The number of nitrogens with zero attached hydrogens (tertiary/aromatic N) is 9. The highest BCUT2D eigenvalue weighted by Gasteiger charge is 2.44. The van der Waals surface area contributed by atoms with Crippen molar-refractivity contribution < 1.29 is 42.6 Å². The monoisotopic (exact) mass is 1060 g/mol. The number of phenolic OH excluding ortho intramolecular Hbond substituents is 1. The Kier molecular flexibility index (Phi) is 14.7. The molecule has 3 aromatic carbocycles. The molecular formula is C58H63F2N11O7. The molecule has 7 aromatic rings. The van der Waals surface area contributed by atoms with Crippen molar-refractivity contribution in [3.63, 3.8) is 0 Å². The topological polar surface area (TPSA) is 209 Å². The van der Waals surface area contributed by atoms with Gasteiger partial charge < -0.3 is 44.6 Å². The lowest BCUT2D eigenvalue weighted by molar-refractivity contribution is -0.141.